The third-order valence-electron chi connectivity index (χ3n) is 5.12. The zero-order chi connectivity index (χ0) is 19.1. The van der Waals surface area contributed by atoms with Crippen molar-refractivity contribution in [1.82, 2.24) is 30.2 Å². The summed E-state index contributed by atoms with van der Waals surface area (Å²) in [5, 5.41) is 15.9. The molecule has 144 valence electrons. The molecule has 0 bridgehead atoms. The van der Waals surface area contributed by atoms with Crippen LogP contribution in [-0.4, -0.2) is 42.6 Å². The number of hydrogen-bond donors (Lipinski definition) is 2. The van der Waals surface area contributed by atoms with Crippen LogP contribution in [-0.2, 0) is 17.9 Å². The van der Waals surface area contributed by atoms with Gasteiger partial charge in [0.1, 0.15) is 11.0 Å². The van der Waals surface area contributed by atoms with Crippen molar-refractivity contribution in [2.75, 3.05) is 0 Å². The number of carbonyl (C=O) groups excluding carboxylic acids is 1. The van der Waals surface area contributed by atoms with Gasteiger partial charge in [0, 0.05) is 30.1 Å². The Morgan fingerprint density at radius 2 is 1.92 bits per heavy atom. The van der Waals surface area contributed by atoms with Gasteiger partial charge in [-0.15, -0.1) is 0 Å². The van der Waals surface area contributed by atoms with Crippen LogP contribution in [0.3, 0.4) is 0 Å². The predicted molar refractivity (Wildman–Crippen MR) is 103 cm³/mol. The molecule has 1 amide bonds. The van der Waals surface area contributed by atoms with Crippen LogP contribution in [0.15, 0.2) is 6.20 Å². The number of piperidine rings is 1. The topological polar surface area (TPSA) is 76.8 Å². The summed E-state index contributed by atoms with van der Waals surface area (Å²) in [6, 6.07) is 0.205. The first-order chi connectivity index (χ1) is 12.1. The number of aryl methyl sites for hydroxylation is 3. The molecule has 2 N–H and O–H groups in total. The van der Waals surface area contributed by atoms with Crippen molar-refractivity contribution >= 4 is 16.9 Å². The molecule has 0 spiro atoms. The van der Waals surface area contributed by atoms with Crippen molar-refractivity contribution in [3.63, 3.8) is 0 Å². The van der Waals surface area contributed by atoms with E-state index >= 15 is 0 Å². The highest BCUT2D eigenvalue weighted by Crippen LogP contribution is 2.28. The highest BCUT2D eigenvalue weighted by molar-refractivity contribution is 5.79. The maximum atomic E-state index is 12.5. The van der Waals surface area contributed by atoms with Gasteiger partial charge < -0.3 is 10.6 Å². The van der Waals surface area contributed by atoms with Gasteiger partial charge in [0.15, 0.2) is 0 Å². The molecule has 1 saturated heterocycles. The molecule has 7 heteroatoms. The summed E-state index contributed by atoms with van der Waals surface area (Å²) in [7, 11) is 0. The molecule has 0 aromatic carbocycles. The van der Waals surface area contributed by atoms with Gasteiger partial charge in [-0.25, -0.2) is 0 Å². The molecule has 1 aliphatic heterocycles. The molecule has 0 radical (unpaired) electrons. The summed E-state index contributed by atoms with van der Waals surface area (Å²) in [5.74, 6) is 0.0905. The zero-order valence-electron chi connectivity index (χ0n) is 16.9. The number of fused-ring (bicyclic) bond motifs is 1. The first kappa shape index (κ1) is 18.9. The Morgan fingerprint density at radius 3 is 2.54 bits per heavy atom. The average molecular weight is 361 g/mol. The summed E-state index contributed by atoms with van der Waals surface area (Å²) in [6.07, 6.45) is 4.15. The number of amides is 1. The lowest BCUT2D eigenvalue weighted by Crippen LogP contribution is -2.62. The van der Waals surface area contributed by atoms with Crippen molar-refractivity contribution in [3.05, 3.63) is 11.9 Å². The molecular weight excluding hydrogens is 328 g/mol. The van der Waals surface area contributed by atoms with E-state index in [1.54, 1.807) is 0 Å². The summed E-state index contributed by atoms with van der Waals surface area (Å²) in [5.41, 5.74) is 3.08. The lowest BCUT2D eigenvalue weighted by molar-refractivity contribution is -0.122. The van der Waals surface area contributed by atoms with Crippen LogP contribution in [0.4, 0.5) is 0 Å². The highest BCUT2D eigenvalue weighted by atomic mass is 16.1. The molecule has 26 heavy (non-hydrogen) atoms. The summed E-state index contributed by atoms with van der Waals surface area (Å²) in [6.45, 7) is 14.2. The zero-order valence-corrected chi connectivity index (χ0v) is 16.9. The SMILES string of the molecule is CCn1nc(C)c2c1cnn2CCC(=O)NC1CC(C)(C)NC(C)(C)C1. The van der Waals surface area contributed by atoms with Gasteiger partial charge in [-0.05, 0) is 54.4 Å². The fourth-order valence-corrected chi connectivity index (χ4v) is 4.56. The number of hydrogen-bond acceptors (Lipinski definition) is 4. The van der Waals surface area contributed by atoms with Crippen LogP contribution in [0.5, 0.6) is 0 Å². The minimum atomic E-state index is 0.0275. The van der Waals surface area contributed by atoms with E-state index < -0.39 is 0 Å². The second-order valence-electron chi connectivity index (χ2n) is 8.82. The normalized spacial score (nSPS) is 19.8. The van der Waals surface area contributed by atoms with Gasteiger partial charge in [-0.3, -0.25) is 14.2 Å². The van der Waals surface area contributed by atoms with E-state index in [1.807, 2.05) is 22.5 Å². The maximum absolute atomic E-state index is 12.5. The molecule has 2 aromatic heterocycles. The molecule has 2 aromatic rings. The smallest absolute Gasteiger partial charge is 0.222 e. The van der Waals surface area contributed by atoms with E-state index in [-0.39, 0.29) is 23.0 Å². The molecular formula is C19H32N6O. The van der Waals surface area contributed by atoms with E-state index in [2.05, 4.69) is 55.4 Å². The van der Waals surface area contributed by atoms with E-state index in [0.29, 0.717) is 13.0 Å². The standard InChI is InChI=1S/C19H32N6O/c1-7-24-15-12-20-25(17(15)13(2)22-24)9-8-16(26)21-14-10-18(3,4)23-19(5,6)11-14/h12,14,23H,7-11H2,1-6H3,(H,21,26). The van der Waals surface area contributed by atoms with Crippen molar-refractivity contribution in [1.29, 1.82) is 0 Å². The number of nitrogens with one attached hydrogen (secondary N) is 2. The highest BCUT2D eigenvalue weighted by Gasteiger charge is 2.38. The maximum Gasteiger partial charge on any atom is 0.222 e. The Hall–Kier alpha value is -1.89. The average Bonchev–Trinajstić information content (AvgIpc) is 3.03. The summed E-state index contributed by atoms with van der Waals surface area (Å²) < 4.78 is 3.85. The number of carbonyl (C=O) groups is 1. The van der Waals surface area contributed by atoms with E-state index in [4.69, 9.17) is 0 Å². The Morgan fingerprint density at radius 1 is 1.27 bits per heavy atom. The van der Waals surface area contributed by atoms with Gasteiger partial charge in [-0.1, -0.05) is 0 Å². The Labute approximate surface area is 155 Å². The molecule has 0 unspecified atom stereocenters. The monoisotopic (exact) mass is 360 g/mol. The van der Waals surface area contributed by atoms with Gasteiger partial charge in [0.2, 0.25) is 5.91 Å². The minimum absolute atomic E-state index is 0.0275. The third-order valence-corrected chi connectivity index (χ3v) is 5.12. The fraction of sp³-hybridized carbons (Fsp3) is 0.737. The molecule has 1 aliphatic rings. The number of aromatic nitrogens is 4. The summed E-state index contributed by atoms with van der Waals surface area (Å²) >= 11 is 0. The van der Waals surface area contributed by atoms with Crippen LogP contribution in [0.1, 0.15) is 59.6 Å². The quantitative estimate of drug-likeness (QED) is 0.858. The third kappa shape index (κ3) is 3.92. The van der Waals surface area contributed by atoms with Crippen molar-refractivity contribution in [3.8, 4) is 0 Å². The Kier molecular flexibility index (Phi) is 4.86. The Balaban J connectivity index is 1.62. The lowest BCUT2D eigenvalue weighted by atomic mass is 9.79. The first-order valence-corrected chi connectivity index (χ1v) is 9.58. The predicted octanol–water partition coefficient (Wildman–Crippen LogP) is 2.38. The Bertz CT molecular complexity index is 784. The van der Waals surface area contributed by atoms with Gasteiger partial charge >= 0.3 is 0 Å². The van der Waals surface area contributed by atoms with Crippen molar-refractivity contribution < 1.29 is 4.79 Å². The van der Waals surface area contributed by atoms with Gasteiger partial charge in [0.05, 0.1) is 18.4 Å². The number of nitrogens with zero attached hydrogens (tertiary/aromatic N) is 4. The van der Waals surface area contributed by atoms with Crippen LogP contribution in [0.25, 0.3) is 11.0 Å². The first-order valence-electron chi connectivity index (χ1n) is 9.58. The van der Waals surface area contributed by atoms with Crippen LogP contribution < -0.4 is 10.6 Å². The molecule has 0 aliphatic carbocycles. The van der Waals surface area contributed by atoms with Crippen LogP contribution in [0.2, 0.25) is 0 Å². The molecule has 0 atom stereocenters. The number of rotatable bonds is 5. The molecule has 3 rings (SSSR count). The summed E-state index contributed by atoms with van der Waals surface area (Å²) in [4.78, 5) is 12.5. The lowest BCUT2D eigenvalue weighted by Gasteiger charge is -2.46. The second kappa shape index (κ2) is 6.68. The van der Waals surface area contributed by atoms with Crippen molar-refractivity contribution in [2.45, 2.75) is 91.0 Å². The fourth-order valence-electron chi connectivity index (χ4n) is 4.56. The van der Waals surface area contributed by atoms with Gasteiger partial charge in [0.25, 0.3) is 0 Å². The minimum Gasteiger partial charge on any atom is -0.353 e. The van der Waals surface area contributed by atoms with E-state index in [9.17, 15) is 4.79 Å². The van der Waals surface area contributed by atoms with E-state index in [0.717, 1.165) is 36.1 Å². The largest absolute Gasteiger partial charge is 0.353 e. The van der Waals surface area contributed by atoms with Crippen LogP contribution in [0, 0.1) is 6.92 Å². The molecule has 0 saturated carbocycles. The molecule has 7 nitrogen and oxygen atoms in total. The molecule has 3 heterocycles. The van der Waals surface area contributed by atoms with Crippen LogP contribution >= 0.6 is 0 Å². The van der Waals surface area contributed by atoms with Crippen molar-refractivity contribution in [2.24, 2.45) is 0 Å². The molecule has 1 fully saturated rings. The van der Waals surface area contributed by atoms with E-state index in [1.165, 1.54) is 0 Å². The van der Waals surface area contributed by atoms with Gasteiger partial charge in [-0.2, -0.15) is 10.2 Å². The second-order valence-corrected chi connectivity index (χ2v) is 8.82.